The van der Waals surface area contributed by atoms with Crippen LogP contribution in [0, 0.1) is 0 Å². The summed E-state index contributed by atoms with van der Waals surface area (Å²) in [5, 5.41) is 11.2. The standard InChI is InChI=1S/C15H12BrF3N2O4/c16-12-7-9(8-20-14(12)24-6-5-22)13(23)21-10-1-3-11(4-2-10)25-15(17,18)19/h1-4,7-8,22H,5-6H2,(H,21,23). The maximum atomic E-state index is 12.1. The van der Waals surface area contributed by atoms with E-state index in [0.29, 0.717) is 4.47 Å². The molecule has 1 aromatic heterocycles. The highest BCUT2D eigenvalue weighted by Crippen LogP contribution is 2.25. The molecule has 1 aromatic carbocycles. The SMILES string of the molecule is O=C(Nc1ccc(OC(F)(F)F)cc1)c1cnc(OCCO)c(Br)c1. The molecule has 0 radical (unpaired) electrons. The van der Waals surface area contributed by atoms with E-state index in [4.69, 9.17) is 9.84 Å². The zero-order chi connectivity index (χ0) is 18.4. The normalized spacial score (nSPS) is 11.1. The lowest BCUT2D eigenvalue weighted by Crippen LogP contribution is -2.17. The van der Waals surface area contributed by atoms with E-state index < -0.39 is 12.3 Å². The second-order valence-corrected chi connectivity index (χ2v) is 5.46. The van der Waals surface area contributed by atoms with Crippen LogP contribution < -0.4 is 14.8 Å². The topological polar surface area (TPSA) is 80.7 Å². The molecule has 0 aliphatic carbocycles. The van der Waals surface area contributed by atoms with Gasteiger partial charge < -0.3 is 19.9 Å². The van der Waals surface area contributed by atoms with E-state index in [-0.39, 0.29) is 36.1 Å². The summed E-state index contributed by atoms with van der Waals surface area (Å²) in [7, 11) is 0. The van der Waals surface area contributed by atoms with Crippen LogP contribution in [0.5, 0.6) is 11.6 Å². The number of aliphatic hydroxyl groups is 1. The highest BCUT2D eigenvalue weighted by Gasteiger charge is 2.30. The maximum absolute atomic E-state index is 12.1. The van der Waals surface area contributed by atoms with Gasteiger partial charge in [-0.1, -0.05) is 0 Å². The summed E-state index contributed by atoms with van der Waals surface area (Å²) in [5.74, 6) is -0.675. The second kappa shape index (κ2) is 8.17. The van der Waals surface area contributed by atoms with Gasteiger partial charge in [-0.15, -0.1) is 13.2 Å². The summed E-state index contributed by atoms with van der Waals surface area (Å²) in [6.07, 6.45) is -3.50. The Labute approximate surface area is 148 Å². The van der Waals surface area contributed by atoms with Crippen molar-refractivity contribution in [2.45, 2.75) is 6.36 Å². The highest BCUT2D eigenvalue weighted by atomic mass is 79.9. The Morgan fingerprint density at radius 1 is 1.28 bits per heavy atom. The van der Waals surface area contributed by atoms with Crippen molar-refractivity contribution in [3.05, 3.63) is 46.6 Å². The van der Waals surface area contributed by atoms with Crippen LogP contribution in [0.25, 0.3) is 0 Å². The number of aliphatic hydroxyl groups excluding tert-OH is 1. The number of nitrogens with zero attached hydrogens (tertiary/aromatic N) is 1. The number of ether oxygens (including phenoxy) is 2. The Hall–Kier alpha value is -2.33. The van der Waals surface area contributed by atoms with Crippen LogP contribution in [0.15, 0.2) is 41.0 Å². The van der Waals surface area contributed by atoms with Crippen molar-refractivity contribution in [3.8, 4) is 11.6 Å². The van der Waals surface area contributed by atoms with Crippen molar-refractivity contribution in [2.24, 2.45) is 0 Å². The number of rotatable bonds is 6. The highest BCUT2D eigenvalue weighted by molar-refractivity contribution is 9.10. The zero-order valence-corrected chi connectivity index (χ0v) is 14.1. The van der Waals surface area contributed by atoms with Crippen molar-refractivity contribution in [1.29, 1.82) is 0 Å². The average molecular weight is 421 g/mol. The number of halogens is 4. The van der Waals surface area contributed by atoms with Gasteiger partial charge in [-0.25, -0.2) is 4.98 Å². The number of aromatic nitrogens is 1. The van der Waals surface area contributed by atoms with Crippen LogP contribution in [0.2, 0.25) is 0 Å². The molecule has 0 saturated carbocycles. The fourth-order valence-corrected chi connectivity index (χ4v) is 2.20. The Bertz CT molecular complexity index is 739. The Kier molecular flexibility index (Phi) is 6.21. The van der Waals surface area contributed by atoms with Crippen LogP contribution in [-0.4, -0.2) is 35.6 Å². The summed E-state index contributed by atoms with van der Waals surface area (Å²) < 4.78 is 45.6. The molecule has 0 atom stereocenters. The molecule has 0 aliphatic heterocycles. The van der Waals surface area contributed by atoms with E-state index in [1.54, 1.807) is 0 Å². The predicted octanol–water partition coefficient (Wildman–Crippen LogP) is 3.37. The van der Waals surface area contributed by atoms with Gasteiger partial charge in [0.1, 0.15) is 12.4 Å². The van der Waals surface area contributed by atoms with E-state index in [2.05, 4.69) is 31.0 Å². The lowest BCUT2D eigenvalue weighted by Gasteiger charge is -2.10. The third-order valence-electron chi connectivity index (χ3n) is 2.75. The van der Waals surface area contributed by atoms with Crippen LogP contribution in [-0.2, 0) is 0 Å². The van der Waals surface area contributed by atoms with E-state index in [1.807, 2.05) is 0 Å². The minimum absolute atomic E-state index is 0.0590. The summed E-state index contributed by atoms with van der Waals surface area (Å²) in [5.41, 5.74) is 0.495. The summed E-state index contributed by atoms with van der Waals surface area (Å²) in [4.78, 5) is 16.1. The molecule has 2 rings (SSSR count). The largest absolute Gasteiger partial charge is 0.573 e. The quantitative estimate of drug-likeness (QED) is 0.748. The van der Waals surface area contributed by atoms with Crippen molar-refractivity contribution >= 4 is 27.5 Å². The van der Waals surface area contributed by atoms with Crippen molar-refractivity contribution in [2.75, 3.05) is 18.5 Å². The number of alkyl halides is 3. The molecular formula is C15H12BrF3N2O4. The number of carbonyl (C=O) groups is 1. The third-order valence-corrected chi connectivity index (χ3v) is 3.31. The summed E-state index contributed by atoms with van der Waals surface area (Å²) >= 11 is 3.20. The molecule has 6 nitrogen and oxygen atoms in total. The Balaban J connectivity index is 2.03. The molecule has 0 spiro atoms. The number of nitrogens with one attached hydrogen (secondary N) is 1. The van der Waals surface area contributed by atoms with Gasteiger partial charge in [0.2, 0.25) is 5.88 Å². The van der Waals surface area contributed by atoms with Gasteiger partial charge in [0.05, 0.1) is 16.6 Å². The van der Waals surface area contributed by atoms with Crippen LogP contribution >= 0.6 is 15.9 Å². The van der Waals surface area contributed by atoms with Crippen molar-refractivity contribution < 1.29 is 32.5 Å². The van der Waals surface area contributed by atoms with Crippen LogP contribution in [0.4, 0.5) is 18.9 Å². The minimum atomic E-state index is -4.78. The monoisotopic (exact) mass is 420 g/mol. The lowest BCUT2D eigenvalue weighted by atomic mass is 10.2. The fraction of sp³-hybridized carbons (Fsp3) is 0.200. The van der Waals surface area contributed by atoms with E-state index in [1.165, 1.54) is 24.4 Å². The fourth-order valence-electron chi connectivity index (χ4n) is 1.74. The molecule has 1 heterocycles. The predicted molar refractivity (Wildman–Crippen MR) is 85.6 cm³/mol. The van der Waals surface area contributed by atoms with Gasteiger partial charge in [-0.2, -0.15) is 0 Å². The molecule has 134 valence electrons. The van der Waals surface area contributed by atoms with Gasteiger partial charge in [0.15, 0.2) is 0 Å². The number of anilines is 1. The molecule has 2 N–H and O–H groups in total. The maximum Gasteiger partial charge on any atom is 0.573 e. The number of hydrogen-bond donors (Lipinski definition) is 2. The molecule has 0 aliphatic rings. The van der Waals surface area contributed by atoms with Gasteiger partial charge in [-0.05, 0) is 46.3 Å². The van der Waals surface area contributed by atoms with E-state index in [9.17, 15) is 18.0 Å². The number of carbonyl (C=O) groups excluding carboxylic acids is 1. The summed E-state index contributed by atoms with van der Waals surface area (Å²) in [6, 6.07) is 6.20. The third kappa shape index (κ3) is 5.91. The molecule has 2 aromatic rings. The number of pyridine rings is 1. The van der Waals surface area contributed by atoms with Crippen LogP contribution in [0.3, 0.4) is 0 Å². The van der Waals surface area contributed by atoms with Gasteiger partial charge >= 0.3 is 6.36 Å². The molecule has 0 fully saturated rings. The van der Waals surface area contributed by atoms with E-state index in [0.717, 1.165) is 12.1 Å². The average Bonchev–Trinajstić information content (AvgIpc) is 2.54. The Morgan fingerprint density at radius 3 is 2.52 bits per heavy atom. The van der Waals surface area contributed by atoms with Gasteiger partial charge in [0, 0.05) is 11.9 Å². The van der Waals surface area contributed by atoms with E-state index >= 15 is 0 Å². The zero-order valence-electron chi connectivity index (χ0n) is 12.5. The second-order valence-electron chi connectivity index (χ2n) is 4.61. The van der Waals surface area contributed by atoms with Gasteiger partial charge in [0.25, 0.3) is 5.91 Å². The molecule has 1 amide bonds. The Morgan fingerprint density at radius 2 is 1.96 bits per heavy atom. The number of benzene rings is 1. The van der Waals surface area contributed by atoms with Crippen LogP contribution in [0.1, 0.15) is 10.4 Å². The molecule has 25 heavy (non-hydrogen) atoms. The first kappa shape index (κ1) is 19.0. The number of hydrogen-bond acceptors (Lipinski definition) is 5. The first-order chi connectivity index (χ1) is 11.8. The van der Waals surface area contributed by atoms with Crippen molar-refractivity contribution in [1.82, 2.24) is 4.98 Å². The first-order valence-corrected chi connectivity index (χ1v) is 7.64. The minimum Gasteiger partial charge on any atom is -0.474 e. The van der Waals surface area contributed by atoms with Gasteiger partial charge in [-0.3, -0.25) is 4.79 Å². The van der Waals surface area contributed by atoms with Crippen molar-refractivity contribution in [3.63, 3.8) is 0 Å². The molecule has 10 heteroatoms. The summed E-state index contributed by atoms with van der Waals surface area (Å²) in [6.45, 7) is -0.117. The molecule has 0 saturated heterocycles. The molecule has 0 unspecified atom stereocenters. The molecule has 0 bridgehead atoms. The number of amides is 1. The molecular weight excluding hydrogens is 409 g/mol. The smallest absolute Gasteiger partial charge is 0.474 e. The lowest BCUT2D eigenvalue weighted by molar-refractivity contribution is -0.274. The first-order valence-electron chi connectivity index (χ1n) is 6.85.